The van der Waals surface area contributed by atoms with Gasteiger partial charge in [-0.05, 0) is 88.5 Å². The van der Waals surface area contributed by atoms with Crippen molar-refractivity contribution in [2.24, 2.45) is 0 Å². The van der Waals surface area contributed by atoms with Crippen molar-refractivity contribution in [2.75, 3.05) is 0 Å². The maximum absolute atomic E-state index is 10.0. The van der Waals surface area contributed by atoms with Crippen LogP contribution < -0.4 is 0 Å². The van der Waals surface area contributed by atoms with Crippen molar-refractivity contribution in [3.63, 3.8) is 0 Å². The molecule has 0 radical (unpaired) electrons. The van der Waals surface area contributed by atoms with Gasteiger partial charge in [0.15, 0.2) is 0 Å². The molecule has 2 aromatic heterocycles. The van der Waals surface area contributed by atoms with Crippen molar-refractivity contribution in [1.29, 1.82) is 10.5 Å². The molecule has 0 saturated carbocycles. The topological polar surface area (TPSA) is 57.4 Å². The molecule has 0 bridgehead atoms. The Bertz CT molecular complexity index is 3080. The standard InChI is InChI=1S/C50H30N4/c51-31-36-18-11-19-37(32-52)48(36)35-17-12-20-40(28-35)53-46-24-10-8-22-44(46)49-47(53)26-25-43-42-21-7-9-23-45(42)54(50(43)49)41-29-38(33-13-3-1-4-14-33)27-39(30-41)34-15-5-2-6-16-34/h1-30H. The maximum Gasteiger partial charge on any atom is 0.0998 e. The third-order valence-corrected chi connectivity index (χ3v) is 10.6. The first-order chi connectivity index (χ1) is 26.7. The molecule has 8 aromatic carbocycles. The van der Waals surface area contributed by atoms with E-state index in [1.54, 1.807) is 18.2 Å². The van der Waals surface area contributed by atoms with Crippen LogP contribution in [0.4, 0.5) is 0 Å². The van der Waals surface area contributed by atoms with Gasteiger partial charge in [0, 0.05) is 38.5 Å². The molecule has 0 aliphatic heterocycles. The predicted molar refractivity (Wildman–Crippen MR) is 221 cm³/mol. The van der Waals surface area contributed by atoms with Gasteiger partial charge in [-0.3, -0.25) is 0 Å². The number of hydrogen-bond acceptors (Lipinski definition) is 2. The van der Waals surface area contributed by atoms with E-state index < -0.39 is 0 Å². The van der Waals surface area contributed by atoms with E-state index in [1.807, 2.05) is 12.1 Å². The van der Waals surface area contributed by atoms with Gasteiger partial charge in [0.05, 0.1) is 45.3 Å². The van der Waals surface area contributed by atoms with Crippen molar-refractivity contribution in [3.05, 3.63) is 193 Å². The van der Waals surface area contributed by atoms with Gasteiger partial charge in [-0.25, -0.2) is 0 Å². The van der Waals surface area contributed by atoms with Gasteiger partial charge in [-0.2, -0.15) is 10.5 Å². The van der Waals surface area contributed by atoms with Crippen LogP contribution in [0.1, 0.15) is 11.1 Å². The van der Waals surface area contributed by atoms with E-state index >= 15 is 0 Å². The Morgan fingerprint density at radius 2 is 0.889 bits per heavy atom. The summed E-state index contributed by atoms with van der Waals surface area (Å²) < 4.78 is 4.76. The largest absolute Gasteiger partial charge is 0.309 e. The molecule has 54 heavy (non-hydrogen) atoms. The second-order valence-corrected chi connectivity index (χ2v) is 13.6. The summed E-state index contributed by atoms with van der Waals surface area (Å²) >= 11 is 0. The molecule has 0 fully saturated rings. The van der Waals surface area contributed by atoms with Crippen molar-refractivity contribution < 1.29 is 0 Å². The Kier molecular flexibility index (Phi) is 7.22. The average Bonchev–Trinajstić information content (AvgIpc) is 3.77. The summed E-state index contributed by atoms with van der Waals surface area (Å²) in [7, 11) is 0. The highest BCUT2D eigenvalue weighted by Crippen LogP contribution is 2.43. The van der Waals surface area contributed by atoms with Crippen LogP contribution in [0.3, 0.4) is 0 Å². The molecular formula is C50H30N4. The molecule has 4 heteroatoms. The minimum atomic E-state index is 0.479. The zero-order chi connectivity index (χ0) is 36.2. The minimum Gasteiger partial charge on any atom is -0.309 e. The van der Waals surface area contributed by atoms with Gasteiger partial charge in [-0.15, -0.1) is 0 Å². The van der Waals surface area contributed by atoms with Gasteiger partial charge in [0.2, 0.25) is 0 Å². The molecule has 4 nitrogen and oxygen atoms in total. The first-order valence-corrected chi connectivity index (χ1v) is 18.0. The average molecular weight is 687 g/mol. The molecule has 0 aliphatic carbocycles. The summed E-state index contributed by atoms with van der Waals surface area (Å²) in [6.45, 7) is 0. The first kappa shape index (κ1) is 31.1. The van der Waals surface area contributed by atoms with Crippen LogP contribution in [0.15, 0.2) is 182 Å². The number of aromatic nitrogens is 2. The molecular weight excluding hydrogens is 657 g/mol. The van der Waals surface area contributed by atoms with E-state index in [4.69, 9.17) is 0 Å². The number of para-hydroxylation sites is 2. The zero-order valence-electron chi connectivity index (χ0n) is 29.1. The van der Waals surface area contributed by atoms with E-state index in [-0.39, 0.29) is 0 Å². The van der Waals surface area contributed by atoms with E-state index in [9.17, 15) is 10.5 Å². The molecule has 0 aliphatic rings. The number of benzene rings is 8. The van der Waals surface area contributed by atoms with Crippen molar-refractivity contribution in [2.45, 2.75) is 0 Å². The molecule has 250 valence electrons. The van der Waals surface area contributed by atoms with Crippen LogP contribution in [0.25, 0.3) is 88.4 Å². The van der Waals surface area contributed by atoms with Crippen molar-refractivity contribution in [1.82, 2.24) is 9.13 Å². The molecule has 10 aromatic rings. The highest BCUT2D eigenvalue weighted by atomic mass is 15.0. The second-order valence-electron chi connectivity index (χ2n) is 13.6. The van der Waals surface area contributed by atoms with E-state index in [0.717, 1.165) is 72.0 Å². The Morgan fingerprint density at radius 1 is 0.352 bits per heavy atom. The van der Waals surface area contributed by atoms with E-state index in [2.05, 4.69) is 173 Å². The lowest BCUT2D eigenvalue weighted by atomic mass is 9.95. The van der Waals surface area contributed by atoms with Crippen LogP contribution in [0, 0.1) is 22.7 Å². The number of nitrogens with zero attached hydrogens (tertiary/aromatic N) is 4. The van der Waals surface area contributed by atoms with E-state index in [0.29, 0.717) is 16.7 Å². The molecule has 2 heterocycles. The summed E-state index contributed by atoms with van der Waals surface area (Å²) in [4.78, 5) is 0. The summed E-state index contributed by atoms with van der Waals surface area (Å²) in [6.07, 6.45) is 0. The quantitative estimate of drug-likeness (QED) is 0.181. The smallest absolute Gasteiger partial charge is 0.0998 e. The predicted octanol–water partition coefficient (Wildman–Crippen LogP) is 12.6. The van der Waals surface area contributed by atoms with Crippen LogP contribution in [0.2, 0.25) is 0 Å². The van der Waals surface area contributed by atoms with Crippen molar-refractivity contribution in [3.8, 4) is 56.9 Å². The summed E-state index contributed by atoms with van der Waals surface area (Å²) in [5.74, 6) is 0. The molecule has 0 N–H and O–H groups in total. The highest BCUT2D eigenvalue weighted by Gasteiger charge is 2.22. The van der Waals surface area contributed by atoms with Crippen LogP contribution in [0.5, 0.6) is 0 Å². The minimum absolute atomic E-state index is 0.479. The summed E-state index contributed by atoms with van der Waals surface area (Å²) in [6, 6.07) is 68.0. The lowest BCUT2D eigenvalue weighted by molar-refractivity contribution is 1.17. The number of hydrogen-bond donors (Lipinski definition) is 0. The van der Waals surface area contributed by atoms with Gasteiger partial charge < -0.3 is 9.13 Å². The van der Waals surface area contributed by atoms with Gasteiger partial charge in [-0.1, -0.05) is 121 Å². The van der Waals surface area contributed by atoms with Gasteiger partial charge >= 0.3 is 0 Å². The highest BCUT2D eigenvalue weighted by molar-refractivity contribution is 6.26. The van der Waals surface area contributed by atoms with Crippen LogP contribution in [-0.4, -0.2) is 9.13 Å². The second kappa shape index (κ2) is 12.5. The first-order valence-electron chi connectivity index (χ1n) is 18.0. The Morgan fingerprint density at radius 3 is 1.54 bits per heavy atom. The molecule has 0 saturated heterocycles. The van der Waals surface area contributed by atoms with Gasteiger partial charge in [0.1, 0.15) is 0 Å². The SMILES string of the molecule is N#Cc1cccc(C#N)c1-c1cccc(-n2c3ccccc3c3c2ccc2c4ccccc4n(-c4cc(-c5ccccc5)cc(-c5ccccc5)c4)c23)c1. The van der Waals surface area contributed by atoms with Gasteiger partial charge in [0.25, 0.3) is 0 Å². The molecule has 0 unspecified atom stereocenters. The molecule has 0 amide bonds. The molecule has 0 atom stereocenters. The lowest BCUT2D eigenvalue weighted by Gasteiger charge is -2.15. The van der Waals surface area contributed by atoms with E-state index in [1.165, 1.54) is 10.8 Å². The Balaban J connectivity index is 1.31. The molecule has 0 spiro atoms. The zero-order valence-corrected chi connectivity index (χ0v) is 29.1. The Hall–Kier alpha value is -7.66. The van der Waals surface area contributed by atoms with Crippen LogP contribution in [-0.2, 0) is 0 Å². The molecule has 10 rings (SSSR count). The number of fused-ring (bicyclic) bond motifs is 7. The summed E-state index contributed by atoms with van der Waals surface area (Å²) in [5, 5.41) is 24.7. The monoisotopic (exact) mass is 686 g/mol. The third kappa shape index (κ3) is 4.83. The fourth-order valence-corrected chi connectivity index (χ4v) is 8.24. The third-order valence-electron chi connectivity index (χ3n) is 10.6. The summed E-state index contributed by atoms with van der Waals surface area (Å²) in [5.41, 5.74) is 13.5. The Labute approximate surface area is 312 Å². The fraction of sp³-hybridized carbons (Fsp3) is 0. The fourth-order valence-electron chi connectivity index (χ4n) is 8.24. The van der Waals surface area contributed by atoms with Crippen molar-refractivity contribution >= 4 is 43.6 Å². The number of nitriles is 2. The lowest BCUT2D eigenvalue weighted by Crippen LogP contribution is -1.97. The van der Waals surface area contributed by atoms with Crippen LogP contribution >= 0.6 is 0 Å². The number of rotatable bonds is 5. The normalized spacial score (nSPS) is 11.3. The maximum atomic E-state index is 10.0.